The molecule has 1 rings (SSSR count). The van der Waals surface area contributed by atoms with Gasteiger partial charge in [0.05, 0.1) is 0 Å². The first-order valence-corrected chi connectivity index (χ1v) is 8.78. The molecule has 0 bridgehead atoms. The number of pyridine rings is 1. The maximum atomic E-state index is 12.2. The van der Waals surface area contributed by atoms with Crippen LogP contribution in [-0.2, 0) is 19.6 Å². The summed E-state index contributed by atoms with van der Waals surface area (Å²) in [5.74, 6) is -0.0403. The number of sulfonamides is 1. The summed E-state index contributed by atoms with van der Waals surface area (Å²) in [7, 11) is -2.18. The number of carbonyl (C=O) groups excluding carboxylic acids is 1. The van der Waals surface area contributed by atoms with Crippen molar-refractivity contribution in [1.82, 2.24) is 9.71 Å². The van der Waals surface area contributed by atoms with Gasteiger partial charge in [-0.1, -0.05) is 13.8 Å². The quantitative estimate of drug-likeness (QED) is 0.820. The third kappa shape index (κ3) is 5.89. The molecular weight excluding hydrogens is 318 g/mol. The molecule has 0 aliphatic carbocycles. The molecule has 2 N–H and O–H groups in total. The van der Waals surface area contributed by atoms with Gasteiger partial charge in [0.15, 0.2) is 0 Å². The van der Waals surface area contributed by atoms with Crippen molar-refractivity contribution in [2.75, 3.05) is 12.4 Å². The van der Waals surface area contributed by atoms with Crippen molar-refractivity contribution in [3.8, 4) is 0 Å². The van der Waals surface area contributed by atoms with E-state index in [-0.39, 0.29) is 22.5 Å². The molecule has 1 heterocycles. The zero-order valence-electron chi connectivity index (χ0n) is 14.4. The Morgan fingerprint density at radius 2 is 1.87 bits per heavy atom. The molecule has 0 fully saturated rings. The molecule has 0 saturated carbocycles. The van der Waals surface area contributed by atoms with Crippen molar-refractivity contribution in [3.05, 3.63) is 18.3 Å². The summed E-state index contributed by atoms with van der Waals surface area (Å²) < 4.78 is 32.0. The molecule has 0 radical (unpaired) electrons. The Labute approximate surface area is 137 Å². The molecule has 0 aliphatic heterocycles. The number of hydrogen-bond acceptors (Lipinski definition) is 5. The Morgan fingerprint density at radius 1 is 1.26 bits per heavy atom. The molecule has 1 aromatic rings. The van der Waals surface area contributed by atoms with Crippen LogP contribution in [0.15, 0.2) is 23.2 Å². The van der Waals surface area contributed by atoms with Crippen LogP contribution < -0.4 is 10.0 Å². The Balaban J connectivity index is 2.87. The van der Waals surface area contributed by atoms with Gasteiger partial charge < -0.3 is 10.1 Å². The SMILES string of the molecule is CO[C@@H](C(=O)Nc1ccc(S(=O)(=O)NC(C)(C)C)cn1)C(C)C. The van der Waals surface area contributed by atoms with E-state index in [1.807, 2.05) is 13.8 Å². The predicted octanol–water partition coefficient (Wildman–Crippen LogP) is 1.77. The van der Waals surface area contributed by atoms with Crippen molar-refractivity contribution < 1.29 is 17.9 Å². The van der Waals surface area contributed by atoms with Crippen LogP contribution in [0.4, 0.5) is 5.82 Å². The number of rotatable bonds is 6. The van der Waals surface area contributed by atoms with E-state index in [2.05, 4.69) is 15.0 Å². The first-order valence-electron chi connectivity index (χ1n) is 7.30. The second-order valence-corrected chi connectivity index (χ2v) is 8.31. The molecule has 1 aromatic heterocycles. The van der Waals surface area contributed by atoms with Crippen molar-refractivity contribution >= 4 is 21.7 Å². The zero-order chi connectivity index (χ0) is 17.8. The van der Waals surface area contributed by atoms with Crippen LogP contribution in [0.3, 0.4) is 0 Å². The number of amides is 1. The molecule has 0 saturated heterocycles. The number of carbonyl (C=O) groups is 1. The van der Waals surface area contributed by atoms with E-state index < -0.39 is 21.7 Å². The molecule has 23 heavy (non-hydrogen) atoms. The van der Waals surface area contributed by atoms with Gasteiger partial charge in [0.2, 0.25) is 10.0 Å². The highest BCUT2D eigenvalue weighted by atomic mass is 32.2. The van der Waals surface area contributed by atoms with Crippen LogP contribution in [0, 0.1) is 5.92 Å². The van der Waals surface area contributed by atoms with Crippen LogP contribution in [0.25, 0.3) is 0 Å². The monoisotopic (exact) mass is 343 g/mol. The van der Waals surface area contributed by atoms with E-state index in [0.717, 1.165) is 0 Å². The van der Waals surface area contributed by atoms with E-state index in [1.165, 1.54) is 25.4 Å². The van der Waals surface area contributed by atoms with E-state index >= 15 is 0 Å². The lowest BCUT2D eigenvalue weighted by Gasteiger charge is -2.20. The van der Waals surface area contributed by atoms with Crippen molar-refractivity contribution in [1.29, 1.82) is 0 Å². The van der Waals surface area contributed by atoms with Crippen LogP contribution in [0.1, 0.15) is 34.6 Å². The zero-order valence-corrected chi connectivity index (χ0v) is 15.2. The Hall–Kier alpha value is -1.51. The highest BCUT2D eigenvalue weighted by Crippen LogP contribution is 2.15. The van der Waals surface area contributed by atoms with Gasteiger partial charge >= 0.3 is 0 Å². The number of methoxy groups -OCH3 is 1. The van der Waals surface area contributed by atoms with Gasteiger partial charge in [0.1, 0.15) is 16.8 Å². The lowest BCUT2D eigenvalue weighted by molar-refractivity contribution is -0.128. The second-order valence-electron chi connectivity index (χ2n) is 6.62. The molecule has 0 aliphatic rings. The maximum absolute atomic E-state index is 12.2. The number of nitrogens with one attached hydrogen (secondary N) is 2. The van der Waals surface area contributed by atoms with Gasteiger partial charge in [-0.3, -0.25) is 4.79 Å². The van der Waals surface area contributed by atoms with Gasteiger partial charge in [0, 0.05) is 18.8 Å². The summed E-state index contributed by atoms with van der Waals surface area (Å²) in [5.41, 5.74) is -0.589. The summed E-state index contributed by atoms with van der Waals surface area (Å²) in [6.07, 6.45) is 0.615. The average molecular weight is 343 g/mol. The molecular formula is C15H25N3O4S. The third-order valence-electron chi connectivity index (χ3n) is 2.86. The summed E-state index contributed by atoms with van der Waals surface area (Å²) in [6, 6.07) is 2.84. The average Bonchev–Trinajstić information content (AvgIpc) is 2.36. The van der Waals surface area contributed by atoms with Crippen LogP contribution in [-0.4, -0.2) is 38.1 Å². The van der Waals surface area contributed by atoms with E-state index in [1.54, 1.807) is 20.8 Å². The highest BCUT2D eigenvalue weighted by molar-refractivity contribution is 7.89. The fourth-order valence-electron chi connectivity index (χ4n) is 1.95. The fraction of sp³-hybridized carbons (Fsp3) is 0.600. The minimum Gasteiger partial charge on any atom is -0.371 e. The van der Waals surface area contributed by atoms with Crippen molar-refractivity contribution in [2.24, 2.45) is 5.92 Å². The van der Waals surface area contributed by atoms with E-state index in [4.69, 9.17) is 4.74 Å². The highest BCUT2D eigenvalue weighted by Gasteiger charge is 2.24. The van der Waals surface area contributed by atoms with Gasteiger partial charge in [-0.05, 0) is 38.8 Å². The van der Waals surface area contributed by atoms with Gasteiger partial charge in [-0.15, -0.1) is 0 Å². The normalized spacial score (nSPS) is 13.9. The standard InChI is InChI=1S/C15H25N3O4S/c1-10(2)13(22-6)14(19)17-12-8-7-11(9-16-12)23(20,21)18-15(3,4)5/h7-10,13,18H,1-6H3,(H,16,17,19)/t13-/m1/s1. The van der Waals surface area contributed by atoms with Gasteiger partial charge in [-0.25, -0.2) is 18.1 Å². The Bertz CT molecular complexity index is 634. The smallest absolute Gasteiger partial charge is 0.254 e. The van der Waals surface area contributed by atoms with Crippen molar-refractivity contribution in [2.45, 2.75) is 51.2 Å². The Morgan fingerprint density at radius 3 is 2.26 bits per heavy atom. The molecule has 0 spiro atoms. The van der Waals surface area contributed by atoms with Crippen LogP contribution in [0.2, 0.25) is 0 Å². The van der Waals surface area contributed by atoms with Crippen molar-refractivity contribution in [3.63, 3.8) is 0 Å². The molecule has 7 nitrogen and oxygen atoms in total. The summed E-state index contributed by atoms with van der Waals surface area (Å²) in [5, 5.41) is 2.61. The number of nitrogens with zero attached hydrogens (tertiary/aromatic N) is 1. The lowest BCUT2D eigenvalue weighted by Crippen LogP contribution is -2.40. The summed E-state index contributed by atoms with van der Waals surface area (Å²) >= 11 is 0. The predicted molar refractivity (Wildman–Crippen MR) is 88.6 cm³/mol. The minimum absolute atomic E-state index is 0.00985. The summed E-state index contributed by atoms with van der Waals surface area (Å²) in [6.45, 7) is 9.00. The largest absolute Gasteiger partial charge is 0.371 e. The minimum atomic E-state index is -3.65. The van der Waals surface area contributed by atoms with Crippen LogP contribution >= 0.6 is 0 Å². The fourth-order valence-corrected chi connectivity index (χ4v) is 3.32. The van der Waals surface area contributed by atoms with Gasteiger partial charge in [-0.2, -0.15) is 0 Å². The number of hydrogen-bond donors (Lipinski definition) is 2. The first-order chi connectivity index (χ1) is 10.5. The lowest BCUT2D eigenvalue weighted by atomic mass is 10.1. The molecule has 0 aromatic carbocycles. The third-order valence-corrected chi connectivity index (χ3v) is 4.60. The van der Waals surface area contributed by atoms with E-state index in [0.29, 0.717) is 0 Å². The number of aromatic nitrogens is 1. The van der Waals surface area contributed by atoms with Crippen LogP contribution in [0.5, 0.6) is 0 Å². The molecule has 0 unspecified atom stereocenters. The number of ether oxygens (including phenoxy) is 1. The second kappa shape index (κ2) is 7.37. The molecule has 1 atom stereocenters. The number of anilines is 1. The molecule has 8 heteroatoms. The topological polar surface area (TPSA) is 97.4 Å². The molecule has 130 valence electrons. The first kappa shape index (κ1) is 19.5. The Kier molecular flexibility index (Phi) is 6.26. The summed E-state index contributed by atoms with van der Waals surface area (Å²) in [4.78, 5) is 16.1. The van der Waals surface area contributed by atoms with E-state index in [9.17, 15) is 13.2 Å². The molecule has 1 amide bonds. The van der Waals surface area contributed by atoms with Gasteiger partial charge in [0.25, 0.3) is 5.91 Å². The maximum Gasteiger partial charge on any atom is 0.254 e.